The summed E-state index contributed by atoms with van der Waals surface area (Å²) >= 11 is 3.74. The smallest absolute Gasteiger partial charge is 0.0403 e. The predicted molar refractivity (Wildman–Crippen MR) is 122 cm³/mol. The van der Waals surface area contributed by atoms with Crippen molar-refractivity contribution < 1.29 is 0 Å². The molecular formula is C24H39BrN2. The average Bonchev–Trinajstić information content (AvgIpc) is 2.66. The lowest BCUT2D eigenvalue weighted by Crippen LogP contribution is -2.47. The van der Waals surface area contributed by atoms with E-state index in [9.17, 15) is 0 Å². The maximum absolute atomic E-state index is 3.74. The van der Waals surface area contributed by atoms with Gasteiger partial charge in [0, 0.05) is 36.3 Å². The summed E-state index contributed by atoms with van der Waals surface area (Å²) in [5, 5.41) is 0. The van der Waals surface area contributed by atoms with E-state index in [1.165, 1.54) is 81.4 Å². The van der Waals surface area contributed by atoms with Gasteiger partial charge in [-0.15, -0.1) is 0 Å². The van der Waals surface area contributed by atoms with Gasteiger partial charge in [-0.05, 0) is 79.7 Å². The summed E-state index contributed by atoms with van der Waals surface area (Å²) in [6.45, 7) is 15.6. The van der Waals surface area contributed by atoms with Gasteiger partial charge in [-0.3, -0.25) is 4.90 Å². The minimum Gasteiger partial charge on any atom is -0.369 e. The molecule has 0 aromatic heterocycles. The zero-order valence-corrected chi connectivity index (χ0v) is 19.5. The van der Waals surface area contributed by atoms with Crippen LogP contribution in [0.2, 0.25) is 0 Å². The van der Waals surface area contributed by atoms with E-state index >= 15 is 0 Å². The Hall–Kier alpha value is -0.540. The number of rotatable bonds is 5. The van der Waals surface area contributed by atoms with Crippen molar-refractivity contribution in [1.82, 2.24) is 4.90 Å². The van der Waals surface area contributed by atoms with Crippen LogP contribution in [-0.2, 0) is 0 Å². The predicted octanol–water partition coefficient (Wildman–Crippen LogP) is 6.69. The molecule has 0 bridgehead atoms. The lowest BCUT2D eigenvalue weighted by molar-refractivity contribution is 0.169. The maximum atomic E-state index is 3.74. The third-order valence-corrected chi connectivity index (χ3v) is 7.42. The van der Waals surface area contributed by atoms with Gasteiger partial charge in [0.1, 0.15) is 0 Å². The number of piperazine rings is 1. The van der Waals surface area contributed by atoms with Crippen molar-refractivity contribution in [3.05, 3.63) is 28.2 Å². The van der Waals surface area contributed by atoms with Crippen LogP contribution in [0.3, 0.4) is 0 Å². The highest BCUT2D eigenvalue weighted by molar-refractivity contribution is 9.10. The Morgan fingerprint density at radius 3 is 2.26 bits per heavy atom. The highest BCUT2D eigenvalue weighted by Gasteiger charge is 2.32. The molecule has 0 unspecified atom stereocenters. The van der Waals surface area contributed by atoms with Gasteiger partial charge in [-0.2, -0.15) is 0 Å². The fourth-order valence-corrected chi connectivity index (χ4v) is 5.38. The highest BCUT2D eigenvalue weighted by Crippen LogP contribution is 2.45. The summed E-state index contributed by atoms with van der Waals surface area (Å²) in [6, 6.07) is 7.03. The molecule has 1 saturated heterocycles. The second-order valence-corrected chi connectivity index (χ2v) is 10.7. The Kier molecular flexibility index (Phi) is 7.30. The molecule has 1 heterocycles. The van der Waals surface area contributed by atoms with Gasteiger partial charge in [-0.25, -0.2) is 0 Å². The van der Waals surface area contributed by atoms with E-state index in [1.807, 2.05) is 0 Å². The first-order valence-electron chi connectivity index (χ1n) is 11.1. The van der Waals surface area contributed by atoms with Crippen LogP contribution in [0.4, 0.5) is 5.69 Å². The van der Waals surface area contributed by atoms with Gasteiger partial charge in [0.2, 0.25) is 0 Å². The zero-order valence-electron chi connectivity index (χ0n) is 17.9. The number of hydrogen-bond acceptors (Lipinski definition) is 2. The van der Waals surface area contributed by atoms with Crippen molar-refractivity contribution in [2.45, 2.75) is 72.1 Å². The van der Waals surface area contributed by atoms with Crippen molar-refractivity contribution in [1.29, 1.82) is 0 Å². The van der Waals surface area contributed by atoms with Crippen LogP contribution in [0, 0.1) is 11.3 Å². The molecule has 1 aliphatic carbocycles. The first-order chi connectivity index (χ1) is 12.9. The molecular weight excluding hydrogens is 396 g/mol. The molecule has 2 nitrogen and oxygen atoms in total. The second-order valence-electron chi connectivity index (χ2n) is 9.80. The molecule has 152 valence electrons. The van der Waals surface area contributed by atoms with Gasteiger partial charge in [0.25, 0.3) is 0 Å². The fraction of sp³-hybridized carbons (Fsp3) is 0.750. The molecule has 0 atom stereocenters. The van der Waals surface area contributed by atoms with Gasteiger partial charge in [0.15, 0.2) is 0 Å². The Balaban J connectivity index is 1.68. The Morgan fingerprint density at radius 2 is 1.67 bits per heavy atom. The molecule has 1 aromatic carbocycles. The fourth-order valence-electron chi connectivity index (χ4n) is 5.00. The summed E-state index contributed by atoms with van der Waals surface area (Å²) in [4.78, 5) is 5.30. The summed E-state index contributed by atoms with van der Waals surface area (Å²) in [5.41, 5.74) is 3.56. The largest absolute Gasteiger partial charge is 0.369 e. The lowest BCUT2D eigenvalue weighted by Gasteiger charge is -2.40. The highest BCUT2D eigenvalue weighted by atomic mass is 79.9. The summed E-state index contributed by atoms with van der Waals surface area (Å²) < 4.78 is 1.24. The third-order valence-electron chi connectivity index (χ3n) is 6.92. The van der Waals surface area contributed by atoms with Crippen molar-refractivity contribution in [2.75, 3.05) is 37.6 Å². The minimum atomic E-state index is 0.458. The molecule has 3 rings (SSSR count). The maximum Gasteiger partial charge on any atom is 0.0403 e. The van der Waals surface area contributed by atoms with Crippen LogP contribution >= 0.6 is 15.9 Å². The van der Waals surface area contributed by atoms with E-state index in [-0.39, 0.29) is 0 Å². The molecule has 0 spiro atoms. The van der Waals surface area contributed by atoms with E-state index in [1.54, 1.807) is 5.56 Å². The van der Waals surface area contributed by atoms with Gasteiger partial charge >= 0.3 is 0 Å². The third kappa shape index (κ3) is 5.50. The van der Waals surface area contributed by atoms with Crippen LogP contribution in [0.15, 0.2) is 22.7 Å². The zero-order chi connectivity index (χ0) is 19.4. The van der Waals surface area contributed by atoms with E-state index in [4.69, 9.17) is 0 Å². The Morgan fingerprint density at radius 1 is 1.00 bits per heavy atom. The standard InChI is InChI=1S/C24H39BrN2/c1-5-6-13-26-14-16-27(17-15-26)23-12-11-21(25)18-22(23)19-7-9-20(10-8-19)24(2,3)4/h11-12,18-20H,5-10,13-17H2,1-4H3. The van der Waals surface area contributed by atoms with Crippen molar-refractivity contribution >= 4 is 21.6 Å². The number of unbranched alkanes of at least 4 members (excludes halogenated alkanes) is 1. The van der Waals surface area contributed by atoms with E-state index in [0.717, 1.165) is 11.8 Å². The normalized spacial score (nSPS) is 25.0. The lowest BCUT2D eigenvalue weighted by atomic mass is 9.68. The van der Waals surface area contributed by atoms with Crippen molar-refractivity contribution in [2.24, 2.45) is 11.3 Å². The topological polar surface area (TPSA) is 6.48 Å². The minimum absolute atomic E-state index is 0.458. The van der Waals surface area contributed by atoms with Crippen LogP contribution < -0.4 is 4.90 Å². The molecule has 0 N–H and O–H groups in total. The SMILES string of the molecule is CCCCN1CCN(c2ccc(Br)cc2C2CCC(C(C)(C)C)CC2)CC1. The molecule has 1 aromatic rings. The van der Waals surface area contributed by atoms with Crippen LogP contribution in [0.25, 0.3) is 0 Å². The summed E-state index contributed by atoms with van der Waals surface area (Å²) in [6.07, 6.45) is 8.09. The Labute approximate surface area is 175 Å². The molecule has 0 radical (unpaired) electrons. The number of nitrogens with zero attached hydrogens (tertiary/aromatic N) is 2. The molecule has 0 amide bonds. The molecule has 2 fully saturated rings. The van der Waals surface area contributed by atoms with E-state index in [2.05, 4.69) is 71.6 Å². The average molecular weight is 435 g/mol. The first kappa shape index (κ1) is 21.2. The monoisotopic (exact) mass is 434 g/mol. The second kappa shape index (κ2) is 9.31. The molecule has 3 heteroatoms. The van der Waals surface area contributed by atoms with E-state index in [0.29, 0.717) is 5.41 Å². The molecule has 2 aliphatic rings. The quantitative estimate of drug-likeness (QED) is 0.508. The molecule has 27 heavy (non-hydrogen) atoms. The van der Waals surface area contributed by atoms with Gasteiger partial charge in [-0.1, -0.05) is 50.0 Å². The number of anilines is 1. The molecule has 1 aliphatic heterocycles. The van der Waals surface area contributed by atoms with Crippen molar-refractivity contribution in [3.63, 3.8) is 0 Å². The van der Waals surface area contributed by atoms with Crippen LogP contribution in [0.1, 0.15) is 77.7 Å². The number of hydrogen-bond donors (Lipinski definition) is 0. The summed E-state index contributed by atoms with van der Waals surface area (Å²) in [7, 11) is 0. The number of halogens is 1. The van der Waals surface area contributed by atoms with Crippen LogP contribution in [0.5, 0.6) is 0 Å². The summed E-state index contributed by atoms with van der Waals surface area (Å²) in [5.74, 6) is 1.61. The molecule has 1 saturated carbocycles. The van der Waals surface area contributed by atoms with Crippen molar-refractivity contribution in [3.8, 4) is 0 Å². The van der Waals surface area contributed by atoms with Gasteiger partial charge < -0.3 is 4.90 Å². The number of benzene rings is 1. The van der Waals surface area contributed by atoms with Gasteiger partial charge in [0.05, 0.1) is 0 Å². The van der Waals surface area contributed by atoms with E-state index < -0.39 is 0 Å². The first-order valence-corrected chi connectivity index (χ1v) is 11.9. The van der Waals surface area contributed by atoms with Crippen LogP contribution in [-0.4, -0.2) is 37.6 Å². The Bertz CT molecular complexity index is 591.